The molecule has 0 saturated heterocycles. The Kier molecular flexibility index (Phi) is 7.32. The molecule has 28 heavy (non-hydrogen) atoms. The number of hydrogen-bond acceptors (Lipinski definition) is 7. The number of aromatic nitrogens is 1. The quantitative estimate of drug-likeness (QED) is 0.681. The second-order valence-electron chi connectivity index (χ2n) is 5.70. The maximum atomic E-state index is 12.1. The van der Waals surface area contributed by atoms with E-state index in [0.29, 0.717) is 17.3 Å². The van der Waals surface area contributed by atoms with Crippen LogP contribution in [-0.4, -0.2) is 62.1 Å². The highest BCUT2D eigenvalue weighted by Gasteiger charge is 2.16. The van der Waals surface area contributed by atoms with Gasteiger partial charge in [-0.25, -0.2) is 9.78 Å². The van der Waals surface area contributed by atoms with Gasteiger partial charge in [-0.3, -0.25) is 9.59 Å². The number of likely N-dealkylation sites (N-methyl/N-ethyl adjacent to an activating group) is 1. The Labute approximate surface area is 162 Å². The van der Waals surface area contributed by atoms with Gasteiger partial charge in [-0.1, -0.05) is 6.07 Å². The molecule has 0 aliphatic rings. The van der Waals surface area contributed by atoms with Crippen molar-refractivity contribution in [1.82, 2.24) is 9.88 Å². The first kappa shape index (κ1) is 20.7. The third-order valence-corrected chi connectivity index (χ3v) is 3.67. The number of anilines is 1. The Bertz CT molecular complexity index is 838. The summed E-state index contributed by atoms with van der Waals surface area (Å²) in [6.07, 6.45) is 1.29. The van der Waals surface area contributed by atoms with Gasteiger partial charge in [0.15, 0.2) is 6.61 Å². The second-order valence-corrected chi connectivity index (χ2v) is 5.70. The van der Waals surface area contributed by atoms with Gasteiger partial charge in [0, 0.05) is 31.1 Å². The molecule has 2 aromatic rings. The predicted octanol–water partition coefficient (Wildman–Crippen LogP) is 1.35. The molecule has 1 aromatic heterocycles. The third-order valence-electron chi connectivity index (χ3n) is 3.67. The van der Waals surface area contributed by atoms with Crippen molar-refractivity contribution in [3.05, 3.63) is 48.2 Å². The molecular weight excluding hydrogens is 366 g/mol. The van der Waals surface area contributed by atoms with Gasteiger partial charge in [0.1, 0.15) is 5.75 Å². The maximum absolute atomic E-state index is 12.1. The zero-order valence-electron chi connectivity index (χ0n) is 15.8. The van der Waals surface area contributed by atoms with Crippen LogP contribution in [0.2, 0.25) is 0 Å². The third kappa shape index (κ3) is 5.97. The Morgan fingerprint density at radius 1 is 1.11 bits per heavy atom. The highest BCUT2D eigenvalue weighted by Crippen LogP contribution is 2.16. The number of ether oxygens (including phenoxy) is 3. The van der Waals surface area contributed by atoms with E-state index in [-0.39, 0.29) is 12.1 Å². The molecule has 9 heteroatoms. The average molecular weight is 387 g/mol. The molecule has 0 unspecified atom stereocenters. The minimum atomic E-state index is -0.697. The number of nitrogens with one attached hydrogen (secondary N) is 1. The summed E-state index contributed by atoms with van der Waals surface area (Å²) in [4.78, 5) is 41.1. The molecule has 0 saturated carbocycles. The SMILES string of the molecule is COc1cccc(NC(=O)CN(C)C(=O)COC(=O)c2ccc(OC)nc2)c1. The van der Waals surface area contributed by atoms with Crippen LogP contribution in [0.15, 0.2) is 42.6 Å². The number of amides is 2. The van der Waals surface area contributed by atoms with Gasteiger partial charge in [-0.15, -0.1) is 0 Å². The van der Waals surface area contributed by atoms with Crippen molar-refractivity contribution in [3.8, 4) is 11.6 Å². The molecule has 2 rings (SSSR count). The summed E-state index contributed by atoms with van der Waals surface area (Å²) in [7, 11) is 4.42. The van der Waals surface area contributed by atoms with Crippen LogP contribution < -0.4 is 14.8 Å². The normalized spacial score (nSPS) is 9.96. The average Bonchev–Trinajstić information content (AvgIpc) is 2.71. The minimum absolute atomic E-state index is 0.187. The lowest BCUT2D eigenvalue weighted by Crippen LogP contribution is -2.37. The number of benzene rings is 1. The second kappa shape index (κ2) is 9.91. The van der Waals surface area contributed by atoms with E-state index in [0.717, 1.165) is 4.90 Å². The molecule has 0 spiro atoms. The highest BCUT2D eigenvalue weighted by molar-refractivity contribution is 5.95. The molecule has 148 valence electrons. The molecule has 1 aromatic carbocycles. The van der Waals surface area contributed by atoms with Crippen LogP contribution in [0.25, 0.3) is 0 Å². The van der Waals surface area contributed by atoms with Gasteiger partial charge in [-0.05, 0) is 18.2 Å². The summed E-state index contributed by atoms with van der Waals surface area (Å²) in [6.45, 7) is -0.689. The van der Waals surface area contributed by atoms with E-state index in [1.807, 2.05) is 0 Å². The topological polar surface area (TPSA) is 107 Å². The first-order chi connectivity index (χ1) is 13.4. The van der Waals surface area contributed by atoms with Crippen LogP contribution in [0.1, 0.15) is 10.4 Å². The fourth-order valence-electron chi connectivity index (χ4n) is 2.15. The molecule has 0 atom stereocenters. The largest absolute Gasteiger partial charge is 0.497 e. The van der Waals surface area contributed by atoms with Crippen LogP contribution in [0, 0.1) is 0 Å². The molecule has 1 N–H and O–H groups in total. The number of esters is 1. The van der Waals surface area contributed by atoms with Gasteiger partial charge in [-0.2, -0.15) is 0 Å². The number of methoxy groups -OCH3 is 2. The molecule has 2 amide bonds. The van der Waals surface area contributed by atoms with E-state index < -0.39 is 24.4 Å². The zero-order chi connectivity index (χ0) is 20.5. The van der Waals surface area contributed by atoms with Crippen molar-refractivity contribution in [2.24, 2.45) is 0 Å². The summed E-state index contributed by atoms with van der Waals surface area (Å²) >= 11 is 0. The molecule has 0 fully saturated rings. The lowest BCUT2D eigenvalue weighted by atomic mass is 10.3. The number of nitrogens with zero attached hydrogens (tertiary/aromatic N) is 2. The van der Waals surface area contributed by atoms with E-state index in [4.69, 9.17) is 14.2 Å². The number of rotatable bonds is 8. The molecule has 9 nitrogen and oxygen atoms in total. The first-order valence-corrected chi connectivity index (χ1v) is 8.28. The lowest BCUT2D eigenvalue weighted by Gasteiger charge is -2.17. The Morgan fingerprint density at radius 3 is 2.54 bits per heavy atom. The van der Waals surface area contributed by atoms with Crippen molar-refractivity contribution in [1.29, 1.82) is 0 Å². The summed E-state index contributed by atoms with van der Waals surface area (Å²) < 4.78 is 14.9. The lowest BCUT2D eigenvalue weighted by molar-refractivity contribution is -0.136. The maximum Gasteiger partial charge on any atom is 0.340 e. The highest BCUT2D eigenvalue weighted by atomic mass is 16.5. The van der Waals surface area contributed by atoms with Gasteiger partial charge in [0.25, 0.3) is 5.91 Å². The number of carbonyl (C=O) groups is 3. The van der Waals surface area contributed by atoms with Crippen molar-refractivity contribution < 1.29 is 28.6 Å². The Balaban J connectivity index is 1.81. The first-order valence-electron chi connectivity index (χ1n) is 8.28. The van der Waals surface area contributed by atoms with E-state index >= 15 is 0 Å². The monoisotopic (exact) mass is 387 g/mol. The van der Waals surface area contributed by atoms with E-state index in [9.17, 15) is 14.4 Å². The summed E-state index contributed by atoms with van der Waals surface area (Å²) in [5.41, 5.74) is 0.732. The number of pyridine rings is 1. The standard InChI is InChI=1S/C19H21N3O6/c1-22(11-16(23)21-14-5-4-6-15(9-14)26-2)18(24)12-28-19(25)13-7-8-17(27-3)20-10-13/h4-10H,11-12H2,1-3H3,(H,21,23). The van der Waals surface area contributed by atoms with E-state index in [1.54, 1.807) is 24.3 Å². The molecule has 0 radical (unpaired) electrons. The van der Waals surface area contributed by atoms with Crippen molar-refractivity contribution in [2.45, 2.75) is 0 Å². The summed E-state index contributed by atoms with van der Waals surface area (Å²) in [5, 5.41) is 2.66. The van der Waals surface area contributed by atoms with Gasteiger partial charge in [0.2, 0.25) is 11.8 Å². The fraction of sp³-hybridized carbons (Fsp3) is 0.263. The number of carbonyl (C=O) groups excluding carboxylic acids is 3. The Hall–Kier alpha value is -3.62. The van der Waals surface area contributed by atoms with Crippen molar-refractivity contribution in [3.63, 3.8) is 0 Å². The summed E-state index contributed by atoms with van der Waals surface area (Å²) in [5.74, 6) is -0.653. The van der Waals surface area contributed by atoms with Crippen molar-refractivity contribution >= 4 is 23.5 Å². The van der Waals surface area contributed by atoms with E-state index in [1.165, 1.54) is 39.6 Å². The molecular formula is C19H21N3O6. The minimum Gasteiger partial charge on any atom is -0.497 e. The van der Waals surface area contributed by atoms with Crippen LogP contribution >= 0.6 is 0 Å². The van der Waals surface area contributed by atoms with Gasteiger partial charge in [0.05, 0.1) is 26.3 Å². The number of hydrogen-bond donors (Lipinski definition) is 1. The van der Waals surface area contributed by atoms with Crippen LogP contribution in [0.5, 0.6) is 11.6 Å². The van der Waals surface area contributed by atoms with Crippen LogP contribution in [0.3, 0.4) is 0 Å². The Morgan fingerprint density at radius 2 is 1.89 bits per heavy atom. The van der Waals surface area contributed by atoms with Crippen LogP contribution in [0.4, 0.5) is 5.69 Å². The smallest absolute Gasteiger partial charge is 0.340 e. The predicted molar refractivity (Wildman–Crippen MR) is 100 cm³/mol. The summed E-state index contributed by atoms with van der Waals surface area (Å²) in [6, 6.07) is 9.82. The van der Waals surface area contributed by atoms with Gasteiger partial charge >= 0.3 is 5.97 Å². The van der Waals surface area contributed by atoms with Crippen LogP contribution in [-0.2, 0) is 14.3 Å². The fourth-order valence-corrected chi connectivity index (χ4v) is 2.15. The molecule has 0 aliphatic heterocycles. The van der Waals surface area contributed by atoms with Crippen molar-refractivity contribution in [2.75, 3.05) is 39.7 Å². The zero-order valence-corrected chi connectivity index (χ0v) is 15.8. The van der Waals surface area contributed by atoms with Gasteiger partial charge < -0.3 is 24.4 Å². The molecule has 1 heterocycles. The van der Waals surface area contributed by atoms with E-state index in [2.05, 4.69) is 10.3 Å². The molecule has 0 aliphatic carbocycles. The molecule has 0 bridgehead atoms.